The summed E-state index contributed by atoms with van der Waals surface area (Å²) in [6.45, 7) is 3.12. The summed E-state index contributed by atoms with van der Waals surface area (Å²) < 4.78 is 12.7. The molecule has 2 atom stereocenters. The van der Waals surface area contributed by atoms with E-state index in [9.17, 15) is 4.21 Å². The van der Waals surface area contributed by atoms with E-state index in [4.69, 9.17) is 23.2 Å². The zero-order valence-electron chi connectivity index (χ0n) is 12.4. The molecule has 2 unspecified atom stereocenters. The number of hydrogen-bond donors (Lipinski definition) is 1. The third-order valence-electron chi connectivity index (χ3n) is 4.10. The van der Waals surface area contributed by atoms with Gasteiger partial charge in [-0.25, -0.2) is 0 Å². The Morgan fingerprint density at radius 2 is 1.90 bits per heavy atom. The fourth-order valence-electron chi connectivity index (χ4n) is 3.00. The highest BCUT2D eigenvalue weighted by molar-refractivity contribution is 7.85. The van der Waals surface area contributed by atoms with Crippen LogP contribution >= 0.6 is 23.2 Å². The van der Waals surface area contributed by atoms with E-state index in [0.29, 0.717) is 32.7 Å². The quantitative estimate of drug-likeness (QED) is 0.776. The highest BCUT2D eigenvalue weighted by atomic mass is 35.5. The molecule has 1 aliphatic carbocycles. The van der Waals surface area contributed by atoms with Crippen molar-refractivity contribution < 1.29 is 4.21 Å². The van der Waals surface area contributed by atoms with E-state index in [1.54, 1.807) is 18.2 Å². The second kappa shape index (κ2) is 8.52. The van der Waals surface area contributed by atoms with Gasteiger partial charge in [-0.1, -0.05) is 49.0 Å². The van der Waals surface area contributed by atoms with Crippen LogP contribution in [0.5, 0.6) is 0 Å². The van der Waals surface area contributed by atoms with E-state index in [1.807, 2.05) is 0 Å². The maximum absolute atomic E-state index is 12.7. The minimum Gasteiger partial charge on any atom is -0.313 e. The summed E-state index contributed by atoms with van der Waals surface area (Å²) >= 11 is 12.3. The van der Waals surface area contributed by atoms with Gasteiger partial charge in [0.1, 0.15) is 0 Å². The third-order valence-corrected chi connectivity index (χ3v) is 6.51. The molecule has 0 heterocycles. The van der Waals surface area contributed by atoms with Crippen molar-refractivity contribution in [3.8, 4) is 0 Å². The lowest BCUT2D eigenvalue weighted by atomic mass is 10.00. The lowest BCUT2D eigenvalue weighted by Gasteiger charge is -2.24. The van der Waals surface area contributed by atoms with Crippen LogP contribution in [-0.4, -0.2) is 22.5 Å². The lowest BCUT2D eigenvalue weighted by molar-refractivity contribution is 0.385. The summed E-state index contributed by atoms with van der Waals surface area (Å²) in [6, 6.07) is 5.59. The standard InChI is InChI=1S/C16H23Cl2NOS/c1-2-10-19-15(12-6-3-4-7-12)11-21(20)16-13(17)8-5-9-14(16)18/h5,8-9,12,15,19H,2-4,6-7,10-11H2,1H3. The molecule has 1 N–H and O–H groups in total. The monoisotopic (exact) mass is 347 g/mol. The van der Waals surface area contributed by atoms with Gasteiger partial charge in [-0.15, -0.1) is 0 Å². The fraction of sp³-hybridized carbons (Fsp3) is 0.625. The molecule has 1 aliphatic rings. The van der Waals surface area contributed by atoms with Crippen molar-refractivity contribution in [3.63, 3.8) is 0 Å². The van der Waals surface area contributed by atoms with E-state index >= 15 is 0 Å². The van der Waals surface area contributed by atoms with Crippen LogP contribution < -0.4 is 5.32 Å². The van der Waals surface area contributed by atoms with Crippen molar-refractivity contribution in [2.24, 2.45) is 5.92 Å². The van der Waals surface area contributed by atoms with Crippen LogP contribution in [0.1, 0.15) is 39.0 Å². The molecule has 2 nitrogen and oxygen atoms in total. The highest BCUT2D eigenvalue weighted by Gasteiger charge is 2.27. The molecule has 0 aliphatic heterocycles. The van der Waals surface area contributed by atoms with Crippen molar-refractivity contribution in [2.45, 2.75) is 50.0 Å². The van der Waals surface area contributed by atoms with Gasteiger partial charge in [0.15, 0.2) is 0 Å². The van der Waals surface area contributed by atoms with E-state index in [1.165, 1.54) is 25.7 Å². The van der Waals surface area contributed by atoms with Gasteiger partial charge in [-0.3, -0.25) is 4.21 Å². The summed E-state index contributed by atoms with van der Waals surface area (Å²) in [7, 11) is -1.16. The summed E-state index contributed by atoms with van der Waals surface area (Å²) in [5.74, 6) is 1.22. The Labute approximate surface area is 140 Å². The van der Waals surface area contributed by atoms with E-state index in [-0.39, 0.29) is 0 Å². The Hall–Kier alpha value is -0.0900. The Morgan fingerprint density at radius 3 is 2.48 bits per heavy atom. The van der Waals surface area contributed by atoms with Gasteiger partial charge in [-0.2, -0.15) is 0 Å². The molecule has 1 fully saturated rings. The highest BCUT2D eigenvalue weighted by Crippen LogP contribution is 2.31. The molecule has 2 rings (SSSR count). The van der Waals surface area contributed by atoms with E-state index in [0.717, 1.165) is 13.0 Å². The molecule has 118 valence electrons. The molecule has 0 radical (unpaired) electrons. The molecule has 1 aromatic carbocycles. The summed E-state index contributed by atoms with van der Waals surface area (Å²) in [5, 5.41) is 4.57. The first kappa shape index (κ1) is 17.3. The summed E-state index contributed by atoms with van der Waals surface area (Å²) in [4.78, 5) is 0.585. The second-order valence-electron chi connectivity index (χ2n) is 5.67. The number of rotatable bonds is 7. The SMILES string of the molecule is CCCNC(CS(=O)c1c(Cl)cccc1Cl)C1CCCC1. The molecule has 0 saturated heterocycles. The number of benzene rings is 1. The van der Waals surface area contributed by atoms with Crippen molar-refractivity contribution in [2.75, 3.05) is 12.3 Å². The number of halogens is 2. The second-order valence-corrected chi connectivity index (χ2v) is 7.92. The van der Waals surface area contributed by atoms with Gasteiger partial charge in [0.05, 0.1) is 25.7 Å². The van der Waals surface area contributed by atoms with Gasteiger partial charge < -0.3 is 5.32 Å². The molecule has 1 saturated carbocycles. The molecule has 21 heavy (non-hydrogen) atoms. The predicted octanol–water partition coefficient (Wildman–Crippen LogP) is 4.66. The summed E-state index contributed by atoms with van der Waals surface area (Å²) in [6.07, 6.45) is 6.12. The van der Waals surface area contributed by atoms with Crippen molar-refractivity contribution >= 4 is 34.0 Å². The van der Waals surface area contributed by atoms with Crippen LogP contribution in [-0.2, 0) is 10.8 Å². The van der Waals surface area contributed by atoms with Gasteiger partial charge >= 0.3 is 0 Å². The molecule has 1 aromatic rings. The molecular formula is C16H23Cl2NOS. The summed E-state index contributed by atoms with van der Waals surface area (Å²) in [5.41, 5.74) is 0. The minimum atomic E-state index is -1.16. The number of hydrogen-bond acceptors (Lipinski definition) is 2. The average molecular weight is 348 g/mol. The topological polar surface area (TPSA) is 29.1 Å². The van der Waals surface area contributed by atoms with Crippen LogP contribution in [0.25, 0.3) is 0 Å². The maximum atomic E-state index is 12.7. The van der Waals surface area contributed by atoms with Crippen LogP contribution in [0, 0.1) is 5.92 Å². The van der Waals surface area contributed by atoms with Crippen molar-refractivity contribution in [1.82, 2.24) is 5.32 Å². The smallest absolute Gasteiger partial charge is 0.0760 e. The van der Waals surface area contributed by atoms with Gasteiger partial charge in [0.25, 0.3) is 0 Å². The Bertz CT molecular complexity index is 469. The first-order chi connectivity index (χ1) is 10.1. The molecule has 0 amide bonds. The van der Waals surface area contributed by atoms with Gasteiger partial charge in [0, 0.05) is 11.8 Å². The molecule has 0 bridgehead atoms. The molecule has 5 heteroatoms. The number of nitrogens with one attached hydrogen (secondary N) is 1. The zero-order valence-corrected chi connectivity index (χ0v) is 14.7. The first-order valence-electron chi connectivity index (χ1n) is 7.69. The van der Waals surface area contributed by atoms with Crippen LogP contribution in [0.2, 0.25) is 10.0 Å². The molecular weight excluding hydrogens is 325 g/mol. The van der Waals surface area contributed by atoms with Gasteiger partial charge in [0.2, 0.25) is 0 Å². The minimum absolute atomic E-state index is 0.292. The zero-order chi connectivity index (χ0) is 15.2. The largest absolute Gasteiger partial charge is 0.313 e. The van der Waals surface area contributed by atoms with Gasteiger partial charge in [-0.05, 0) is 43.9 Å². The van der Waals surface area contributed by atoms with Crippen LogP contribution in [0.3, 0.4) is 0 Å². The predicted molar refractivity (Wildman–Crippen MR) is 91.8 cm³/mol. The third kappa shape index (κ3) is 4.69. The van der Waals surface area contributed by atoms with Crippen LogP contribution in [0.4, 0.5) is 0 Å². The van der Waals surface area contributed by atoms with E-state index in [2.05, 4.69) is 12.2 Å². The maximum Gasteiger partial charge on any atom is 0.0760 e. The molecule has 0 spiro atoms. The lowest BCUT2D eigenvalue weighted by Crippen LogP contribution is -2.40. The average Bonchev–Trinajstić information content (AvgIpc) is 2.97. The first-order valence-corrected chi connectivity index (χ1v) is 9.76. The Morgan fingerprint density at radius 1 is 1.29 bits per heavy atom. The van der Waals surface area contributed by atoms with Crippen LogP contribution in [0.15, 0.2) is 23.1 Å². The normalized spacial score (nSPS) is 18.8. The Balaban J connectivity index is 2.09. The van der Waals surface area contributed by atoms with Crippen molar-refractivity contribution in [3.05, 3.63) is 28.2 Å². The van der Waals surface area contributed by atoms with E-state index < -0.39 is 10.8 Å². The van der Waals surface area contributed by atoms with Crippen molar-refractivity contribution in [1.29, 1.82) is 0 Å². The molecule has 0 aromatic heterocycles. The Kier molecular flexibility index (Phi) is 7.00. The fourth-order valence-corrected chi connectivity index (χ4v) is 5.37.